The van der Waals surface area contributed by atoms with Crippen LogP contribution in [-0.2, 0) is 19.1 Å². The summed E-state index contributed by atoms with van der Waals surface area (Å²) in [4.78, 5) is 48.6. The number of esters is 4. The Morgan fingerprint density at radius 1 is 0.644 bits per heavy atom. The van der Waals surface area contributed by atoms with Gasteiger partial charge in [-0.15, -0.1) is 0 Å². The summed E-state index contributed by atoms with van der Waals surface area (Å²) in [7, 11) is 0. The molecule has 0 amide bonds. The van der Waals surface area contributed by atoms with Crippen LogP contribution in [-0.4, -0.2) is 30.5 Å². The van der Waals surface area contributed by atoms with Crippen LogP contribution in [0.5, 0.6) is 11.5 Å². The predicted octanol–water partition coefficient (Wildman–Crippen LogP) is 8.36. The van der Waals surface area contributed by atoms with Crippen molar-refractivity contribution in [3.8, 4) is 11.5 Å². The van der Waals surface area contributed by atoms with Crippen molar-refractivity contribution < 1.29 is 38.1 Å². The minimum absolute atomic E-state index is 0.278. The van der Waals surface area contributed by atoms with E-state index in [1.165, 1.54) is 24.3 Å². The van der Waals surface area contributed by atoms with E-state index in [4.69, 9.17) is 18.9 Å². The summed E-state index contributed by atoms with van der Waals surface area (Å²) >= 11 is 0. The van der Waals surface area contributed by atoms with E-state index in [9.17, 15) is 19.2 Å². The van der Waals surface area contributed by atoms with E-state index < -0.39 is 18.0 Å². The zero-order valence-corrected chi connectivity index (χ0v) is 26.1. The standard InChI is InChI=1S/C37H42O8/c1-27(2)35(39)42-26-14-9-7-5-4-6-8-13-17-34(38)44-32-22-24-33(25-23-32)45-37(41)31-20-18-30(19-21-31)36(40)43-28(3)29-15-11-10-12-16-29/h10-12,15-16,18-25,28H,1,4-9,13-14,17,26H2,2-3H3/t28-/m1/s1. The van der Waals surface area contributed by atoms with E-state index >= 15 is 0 Å². The molecule has 1 atom stereocenters. The second kappa shape index (κ2) is 18.8. The average molecular weight is 615 g/mol. The van der Waals surface area contributed by atoms with Crippen LogP contribution < -0.4 is 9.47 Å². The first-order valence-electron chi connectivity index (χ1n) is 15.4. The fourth-order valence-electron chi connectivity index (χ4n) is 4.41. The molecule has 0 spiro atoms. The summed E-state index contributed by atoms with van der Waals surface area (Å²) in [5.74, 6) is -1.03. The van der Waals surface area contributed by atoms with Gasteiger partial charge >= 0.3 is 23.9 Å². The molecule has 0 unspecified atom stereocenters. The van der Waals surface area contributed by atoms with Gasteiger partial charge in [-0.3, -0.25) is 4.79 Å². The van der Waals surface area contributed by atoms with Crippen LogP contribution in [0.1, 0.15) is 104 Å². The Kier molecular flexibility index (Phi) is 14.6. The maximum Gasteiger partial charge on any atom is 0.343 e. The SMILES string of the molecule is C=C(C)C(=O)OCCCCCCCCCCC(=O)Oc1ccc(OC(=O)c2ccc(C(=O)O[C@H](C)c3ccccc3)cc2)cc1. The molecule has 0 saturated heterocycles. The van der Waals surface area contributed by atoms with Crippen molar-refractivity contribution in [2.24, 2.45) is 0 Å². The van der Waals surface area contributed by atoms with Crippen molar-refractivity contribution in [2.45, 2.75) is 77.7 Å². The van der Waals surface area contributed by atoms with Crippen LogP contribution in [0, 0.1) is 0 Å². The lowest BCUT2D eigenvalue weighted by molar-refractivity contribution is -0.139. The second-order valence-corrected chi connectivity index (χ2v) is 10.9. The summed E-state index contributed by atoms with van der Waals surface area (Å²) < 4.78 is 21.4. The quantitative estimate of drug-likeness (QED) is 0.0609. The summed E-state index contributed by atoms with van der Waals surface area (Å²) in [5, 5.41) is 0. The Balaban J connectivity index is 1.29. The molecule has 3 rings (SSSR count). The van der Waals surface area contributed by atoms with E-state index in [1.54, 1.807) is 38.1 Å². The number of benzene rings is 3. The summed E-state index contributed by atoms with van der Waals surface area (Å²) in [5.41, 5.74) is 1.92. The van der Waals surface area contributed by atoms with E-state index in [-0.39, 0.29) is 17.5 Å². The Labute approximate surface area is 265 Å². The highest BCUT2D eigenvalue weighted by Gasteiger charge is 2.15. The van der Waals surface area contributed by atoms with Crippen molar-refractivity contribution in [1.82, 2.24) is 0 Å². The van der Waals surface area contributed by atoms with Gasteiger partial charge in [0, 0.05) is 12.0 Å². The molecular weight excluding hydrogens is 572 g/mol. The topological polar surface area (TPSA) is 105 Å². The van der Waals surface area contributed by atoms with Crippen molar-refractivity contribution in [2.75, 3.05) is 6.61 Å². The van der Waals surface area contributed by atoms with Gasteiger partial charge in [-0.2, -0.15) is 0 Å². The fourth-order valence-corrected chi connectivity index (χ4v) is 4.41. The normalized spacial score (nSPS) is 11.2. The molecule has 0 aromatic heterocycles. The highest BCUT2D eigenvalue weighted by Crippen LogP contribution is 2.21. The molecule has 0 fully saturated rings. The zero-order valence-electron chi connectivity index (χ0n) is 26.1. The minimum Gasteiger partial charge on any atom is -0.462 e. The molecule has 8 heteroatoms. The molecule has 3 aromatic rings. The Morgan fingerprint density at radius 3 is 1.73 bits per heavy atom. The number of unbranched alkanes of at least 4 members (excludes halogenated alkanes) is 7. The number of hydrogen-bond donors (Lipinski definition) is 0. The largest absolute Gasteiger partial charge is 0.462 e. The average Bonchev–Trinajstić information content (AvgIpc) is 3.04. The van der Waals surface area contributed by atoms with Gasteiger partial charge in [0.1, 0.15) is 17.6 Å². The molecule has 238 valence electrons. The summed E-state index contributed by atoms with van der Waals surface area (Å²) in [6.07, 6.45) is 7.88. The lowest BCUT2D eigenvalue weighted by atomic mass is 10.1. The molecular formula is C37H42O8. The molecule has 0 heterocycles. The third-order valence-corrected chi connectivity index (χ3v) is 7.03. The van der Waals surface area contributed by atoms with Crippen molar-refractivity contribution in [3.63, 3.8) is 0 Å². The van der Waals surface area contributed by atoms with E-state index in [0.717, 1.165) is 56.9 Å². The number of hydrogen-bond acceptors (Lipinski definition) is 8. The highest BCUT2D eigenvalue weighted by molar-refractivity contribution is 5.94. The van der Waals surface area contributed by atoms with E-state index in [0.29, 0.717) is 35.7 Å². The Bertz CT molecular complexity index is 1390. The lowest BCUT2D eigenvalue weighted by Gasteiger charge is -2.13. The van der Waals surface area contributed by atoms with Crippen LogP contribution in [0.2, 0.25) is 0 Å². The van der Waals surface area contributed by atoms with Gasteiger partial charge in [0.15, 0.2) is 0 Å². The van der Waals surface area contributed by atoms with Gasteiger partial charge in [-0.05, 0) is 80.8 Å². The Hall–Kier alpha value is -4.72. The fraction of sp³-hybridized carbons (Fsp3) is 0.351. The van der Waals surface area contributed by atoms with Gasteiger partial charge in [0.2, 0.25) is 0 Å². The van der Waals surface area contributed by atoms with Crippen LogP contribution in [0.25, 0.3) is 0 Å². The number of rotatable bonds is 18. The molecule has 0 saturated carbocycles. The lowest BCUT2D eigenvalue weighted by Crippen LogP contribution is -2.11. The van der Waals surface area contributed by atoms with Gasteiger partial charge in [-0.1, -0.05) is 75.4 Å². The van der Waals surface area contributed by atoms with Crippen molar-refractivity contribution >= 4 is 23.9 Å². The van der Waals surface area contributed by atoms with Crippen LogP contribution >= 0.6 is 0 Å². The number of carbonyl (C=O) groups excluding carboxylic acids is 4. The molecule has 0 N–H and O–H groups in total. The van der Waals surface area contributed by atoms with Crippen molar-refractivity contribution in [1.29, 1.82) is 0 Å². The first-order valence-corrected chi connectivity index (χ1v) is 15.4. The monoisotopic (exact) mass is 614 g/mol. The zero-order chi connectivity index (χ0) is 32.4. The Morgan fingerprint density at radius 2 is 1.16 bits per heavy atom. The van der Waals surface area contributed by atoms with Crippen LogP contribution in [0.15, 0.2) is 91.0 Å². The summed E-state index contributed by atoms with van der Waals surface area (Å²) in [6.45, 7) is 7.44. The first-order chi connectivity index (χ1) is 21.7. The molecule has 0 aliphatic rings. The number of ether oxygens (including phenoxy) is 4. The van der Waals surface area contributed by atoms with Gasteiger partial charge in [0.05, 0.1) is 17.7 Å². The molecule has 8 nitrogen and oxygen atoms in total. The maximum atomic E-state index is 12.6. The third kappa shape index (κ3) is 12.8. The summed E-state index contributed by atoms with van der Waals surface area (Å²) in [6, 6.07) is 21.8. The molecule has 0 bridgehead atoms. The molecule has 0 aliphatic carbocycles. The van der Waals surface area contributed by atoms with E-state index in [2.05, 4.69) is 6.58 Å². The van der Waals surface area contributed by atoms with E-state index in [1.807, 2.05) is 30.3 Å². The van der Waals surface area contributed by atoms with Gasteiger partial charge in [0.25, 0.3) is 0 Å². The van der Waals surface area contributed by atoms with Crippen LogP contribution in [0.3, 0.4) is 0 Å². The predicted molar refractivity (Wildman–Crippen MR) is 171 cm³/mol. The highest BCUT2D eigenvalue weighted by atomic mass is 16.5. The molecule has 0 radical (unpaired) electrons. The molecule has 3 aromatic carbocycles. The first kappa shape index (κ1) is 34.8. The van der Waals surface area contributed by atoms with Gasteiger partial charge in [-0.25, -0.2) is 14.4 Å². The third-order valence-electron chi connectivity index (χ3n) is 7.03. The molecule has 0 aliphatic heterocycles. The minimum atomic E-state index is -0.582. The van der Waals surface area contributed by atoms with Crippen LogP contribution in [0.4, 0.5) is 0 Å². The molecule has 45 heavy (non-hydrogen) atoms. The van der Waals surface area contributed by atoms with Gasteiger partial charge < -0.3 is 18.9 Å². The maximum absolute atomic E-state index is 12.6. The van der Waals surface area contributed by atoms with Crippen molar-refractivity contribution in [3.05, 3.63) is 108 Å². The smallest absolute Gasteiger partial charge is 0.343 e. The number of carbonyl (C=O) groups is 4. The second-order valence-electron chi connectivity index (χ2n) is 10.9.